The Morgan fingerprint density at radius 1 is 1.07 bits per heavy atom. The maximum atomic E-state index is 9.05. The Bertz CT molecular complexity index is 256. The van der Waals surface area contributed by atoms with E-state index in [1.807, 2.05) is 0 Å². The summed E-state index contributed by atoms with van der Waals surface area (Å²) in [6, 6.07) is 6.68. The highest BCUT2D eigenvalue weighted by Crippen LogP contribution is 2.15. The smallest absolute Gasteiger partial charge is 0.119 e. The number of ether oxygens (including phenoxy) is 2. The van der Waals surface area contributed by atoms with Gasteiger partial charge in [-0.3, -0.25) is 0 Å². The summed E-state index contributed by atoms with van der Waals surface area (Å²) in [7, 11) is 0. The van der Waals surface area contributed by atoms with Crippen molar-refractivity contribution < 1.29 is 14.6 Å². The van der Waals surface area contributed by atoms with E-state index in [9.17, 15) is 0 Å². The number of benzene rings is 1. The van der Waals surface area contributed by atoms with Gasteiger partial charge in [-0.25, -0.2) is 0 Å². The molecule has 15 heavy (non-hydrogen) atoms. The van der Waals surface area contributed by atoms with Crippen LogP contribution in [0.4, 0.5) is 0 Å². The third kappa shape index (κ3) is 5.27. The molecule has 0 radical (unpaired) electrons. The Hall–Kier alpha value is -1.22. The van der Waals surface area contributed by atoms with Crippen molar-refractivity contribution in [2.75, 3.05) is 19.8 Å². The first-order valence-electron chi connectivity index (χ1n) is 5.32. The third-order valence-corrected chi connectivity index (χ3v) is 1.98. The molecule has 0 aliphatic heterocycles. The van der Waals surface area contributed by atoms with E-state index in [1.54, 1.807) is 24.3 Å². The average Bonchev–Trinajstić information content (AvgIpc) is 2.26. The SMILES string of the molecule is CCCCOCCOc1ccc(O)cc1. The molecular formula is C12H18O3. The van der Waals surface area contributed by atoms with Gasteiger partial charge in [0.2, 0.25) is 0 Å². The molecule has 0 amide bonds. The van der Waals surface area contributed by atoms with Gasteiger partial charge in [0.05, 0.1) is 6.61 Å². The summed E-state index contributed by atoms with van der Waals surface area (Å²) in [5.41, 5.74) is 0. The molecule has 0 aromatic heterocycles. The largest absolute Gasteiger partial charge is 0.508 e. The Kier molecular flexibility index (Phi) is 5.63. The van der Waals surface area contributed by atoms with Crippen LogP contribution in [0.25, 0.3) is 0 Å². The van der Waals surface area contributed by atoms with Crippen LogP contribution < -0.4 is 4.74 Å². The first-order valence-corrected chi connectivity index (χ1v) is 5.32. The molecule has 3 nitrogen and oxygen atoms in total. The fourth-order valence-electron chi connectivity index (χ4n) is 1.11. The summed E-state index contributed by atoms with van der Waals surface area (Å²) in [5.74, 6) is 1.01. The second-order valence-corrected chi connectivity index (χ2v) is 3.31. The Labute approximate surface area is 90.6 Å². The minimum atomic E-state index is 0.251. The van der Waals surface area contributed by atoms with Crippen molar-refractivity contribution in [1.82, 2.24) is 0 Å². The van der Waals surface area contributed by atoms with Crippen LogP contribution >= 0.6 is 0 Å². The molecule has 1 N–H and O–H groups in total. The lowest BCUT2D eigenvalue weighted by molar-refractivity contribution is 0.0980. The Morgan fingerprint density at radius 2 is 1.80 bits per heavy atom. The molecular weight excluding hydrogens is 192 g/mol. The molecule has 0 atom stereocenters. The van der Waals surface area contributed by atoms with E-state index in [4.69, 9.17) is 14.6 Å². The molecule has 1 rings (SSSR count). The molecule has 0 bridgehead atoms. The van der Waals surface area contributed by atoms with Gasteiger partial charge in [-0.15, -0.1) is 0 Å². The molecule has 1 aromatic rings. The van der Waals surface area contributed by atoms with Gasteiger partial charge < -0.3 is 14.6 Å². The Balaban J connectivity index is 2.07. The highest BCUT2D eigenvalue weighted by atomic mass is 16.5. The molecule has 0 aliphatic rings. The van der Waals surface area contributed by atoms with E-state index in [0.717, 1.165) is 25.2 Å². The van der Waals surface area contributed by atoms with E-state index >= 15 is 0 Å². The zero-order valence-electron chi connectivity index (χ0n) is 9.11. The minimum absolute atomic E-state index is 0.251. The fraction of sp³-hybridized carbons (Fsp3) is 0.500. The van der Waals surface area contributed by atoms with Crippen molar-refractivity contribution >= 4 is 0 Å². The van der Waals surface area contributed by atoms with Crippen molar-refractivity contribution in [3.8, 4) is 11.5 Å². The molecule has 3 heteroatoms. The van der Waals surface area contributed by atoms with Crippen LogP contribution in [0, 0.1) is 0 Å². The maximum Gasteiger partial charge on any atom is 0.119 e. The van der Waals surface area contributed by atoms with Crippen molar-refractivity contribution in [2.24, 2.45) is 0 Å². The van der Waals surface area contributed by atoms with Crippen LogP contribution in [-0.4, -0.2) is 24.9 Å². The lowest BCUT2D eigenvalue weighted by Crippen LogP contribution is -2.07. The van der Waals surface area contributed by atoms with Crippen LogP contribution in [0.1, 0.15) is 19.8 Å². The van der Waals surface area contributed by atoms with Gasteiger partial charge in [0, 0.05) is 6.61 Å². The number of phenols is 1. The van der Waals surface area contributed by atoms with Crippen molar-refractivity contribution in [1.29, 1.82) is 0 Å². The standard InChI is InChI=1S/C12H18O3/c1-2-3-8-14-9-10-15-12-6-4-11(13)5-7-12/h4-7,13H,2-3,8-10H2,1H3. The fourth-order valence-corrected chi connectivity index (χ4v) is 1.11. The van der Waals surface area contributed by atoms with Crippen molar-refractivity contribution in [3.05, 3.63) is 24.3 Å². The van der Waals surface area contributed by atoms with E-state index in [0.29, 0.717) is 13.2 Å². The van der Waals surface area contributed by atoms with Crippen LogP contribution in [0.5, 0.6) is 11.5 Å². The molecule has 84 valence electrons. The van der Waals surface area contributed by atoms with Crippen LogP contribution in [0.15, 0.2) is 24.3 Å². The second kappa shape index (κ2) is 7.12. The molecule has 1 aromatic carbocycles. The normalized spacial score (nSPS) is 10.2. The lowest BCUT2D eigenvalue weighted by Gasteiger charge is -2.06. The summed E-state index contributed by atoms with van der Waals surface area (Å²) >= 11 is 0. The number of aromatic hydroxyl groups is 1. The first-order chi connectivity index (χ1) is 7.33. The highest BCUT2D eigenvalue weighted by molar-refractivity contribution is 5.29. The molecule has 0 fully saturated rings. The molecule has 0 heterocycles. The van der Waals surface area contributed by atoms with Gasteiger partial charge in [0.25, 0.3) is 0 Å². The zero-order chi connectivity index (χ0) is 10.9. The Morgan fingerprint density at radius 3 is 2.47 bits per heavy atom. The zero-order valence-corrected chi connectivity index (χ0v) is 9.11. The molecule has 0 saturated heterocycles. The highest BCUT2D eigenvalue weighted by Gasteiger charge is 1.93. The predicted molar refractivity (Wildman–Crippen MR) is 59.3 cm³/mol. The van der Waals surface area contributed by atoms with Gasteiger partial charge >= 0.3 is 0 Å². The number of hydrogen-bond acceptors (Lipinski definition) is 3. The van der Waals surface area contributed by atoms with E-state index < -0.39 is 0 Å². The monoisotopic (exact) mass is 210 g/mol. The summed E-state index contributed by atoms with van der Waals surface area (Å²) in [6.07, 6.45) is 2.25. The molecule has 0 saturated carbocycles. The van der Waals surface area contributed by atoms with Crippen molar-refractivity contribution in [2.45, 2.75) is 19.8 Å². The van der Waals surface area contributed by atoms with Gasteiger partial charge in [-0.1, -0.05) is 13.3 Å². The van der Waals surface area contributed by atoms with Crippen LogP contribution in [-0.2, 0) is 4.74 Å². The third-order valence-electron chi connectivity index (χ3n) is 1.98. The molecule has 0 unspecified atom stereocenters. The first kappa shape index (κ1) is 11.9. The predicted octanol–water partition coefficient (Wildman–Crippen LogP) is 2.59. The number of hydrogen-bond donors (Lipinski definition) is 1. The second-order valence-electron chi connectivity index (χ2n) is 3.31. The van der Waals surface area contributed by atoms with E-state index in [2.05, 4.69) is 6.92 Å². The van der Waals surface area contributed by atoms with Crippen LogP contribution in [0.2, 0.25) is 0 Å². The average molecular weight is 210 g/mol. The topological polar surface area (TPSA) is 38.7 Å². The van der Waals surface area contributed by atoms with Crippen LogP contribution in [0.3, 0.4) is 0 Å². The van der Waals surface area contributed by atoms with Gasteiger partial charge in [0.1, 0.15) is 18.1 Å². The lowest BCUT2D eigenvalue weighted by atomic mass is 10.3. The number of unbranched alkanes of at least 4 members (excludes halogenated alkanes) is 1. The van der Waals surface area contributed by atoms with Gasteiger partial charge in [-0.05, 0) is 30.7 Å². The van der Waals surface area contributed by atoms with E-state index in [1.165, 1.54) is 0 Å². The van der Waals surface area contributed by atoms with E-state index in [-0.39, 0.29) is 5.75 Å². The van der Waals surface area contributed by atoms with Gasteiger partial charge in [-0.2, -0.15) is 0 Å². The summed E-state index contributed by atoms with van der Waals surface area (Å²) in [5, 5.41) is 9.05. The summed E-state index contributed by atoms with van der Waals surface area (Å²) < 4.78 is 10.8. The number of phenolic OH excluding ortho intramolecular Hbond substituents is 1. The molecule has 0 aliphatic carbocycles. The number of rotatable bonds is 7. The summed E-state index contributed by atoms with van der Waals surface area (Å²) in [6.45, 7) is 4.10. The van der Waals surface area contributed by atoms with Crippen molar-refractivity contribution in [3.63, 3.8) is 0 Å². The maximum absolute atomic E-state index is 9.05. The quantitative estimate of drug-likeness (QED) is 0.703. The summed E-state index contributed by atoms with van der Waals surface area (Å²) in [4.78, 5) is 0. The minimum Gasteiger partial charge on any atom is -0.508 e. The van der Waals surface area contributed by atoms with Gasteiger partial charge in [0.15, 0.2) is 0 Å². The molecule has 0 spiro atoms.